The van der Waals surface area contributed by atoms with Crippen LogP contribution in [0, 0.1) is 0 Å². The fourth-order valence-electron chi connectivity index (χ4n) is 1.71. The van der Waals surface area contributed by atoms with Crippen molar-refractivity contribution in [3.05, 3.63) is 0 Å². The van der Waals surface area contributed by atoms with E-state index in [1.165, 1.54) is 11.8 Å². The van der Waals surface area contributed by atoms with E-state index in [0.717, 1.165) is 0 Å². The summed E-state index contributed by atoms with van der Waals surface area (Å²) in [4.78, 5) is 11.9. The fourth-order valence-corrected chi connectivity index (χ4v) is 1.71. The third-order valence-electron chi connectivity index (χ3n) is 2.49. The topological polar surface area (TPSA) is 40.5 Å². The minimum atomic E-state index is -2.44. The molecule has 2 atom stereocenters. The molecule has 5 heteroatoms. The highest BCUT2D eigenvalue weighted by Gasteiger charge is 2.36. The second kappa shape index (κ2) is 4.00. The van der Waals surface area contributed by atoms with Crippen molar-refractivity contribution < 1.29 is 18.7 Å². The smallest absolute Gasteiger partial charge is 0.320 e. The number of nitrogens with zero attached hydrogens (tertiary/aromatic N) is 1. The first-order valence-electron chi connectivity index (χ1n) is 4.30. The number of halogens is 2. The van der Waals surface area contributed by atoms with E-state index in [-0.39, 0.29) is 0 Å². The largest absolute Gasteiger partial charge is 0.480 e. The molecule has 0 saturated carbocycles. The van der Waals surface area contributed by atoms with Crippen LogP contribution in [0.1, 0.15) is 19.8 Å². The van der Waals surface area contributed by atoms with Crippen LogP contribution in [0.3, 0.4) is 0 Å². The lowest BCUT2D eigenvalue weighted by Crippen LogP contribution is -2.45. The number of aliphatic carboxylic acids is 1. The van der Waals surface area contributed by atoms with E-state index >= 15 is 0 Å². The Kier molecular flexibility index (Phi) is 3.19. The normalized spacial score (nSPS) is 26.6. The van der Waals surface area contributed by atoms with E-state index in [1.807, 2.05) is 0 Å². The van der Waals surface area contributed by atoms with Crippen LogP contribution in [0.15, 0.2) is 0 Å². The van der Waals surface area contributed by atoms with Gasteiger partial charge in [0.15, 0.2) is 0 Å². The second-order valence-electron chi connectivity index (χ2n) is 3.30. The molecular formula is C8H13F2NO2. The van der Waals surface area contributed by atoms with Crippen LogP contribution < -0.4 is 0 Å². The maximum atomic E-state index is 12.4. The average Bonchev–Trinajstić information content (AvgIpc) is 2.50. The molecule has 0 aliphatic carbocycles. The predicted octanol–water partition coefficient (Wildman–Crippen LogP) is 1.19. The van der Waals surface area contributed by atoms with Gasteiger partial charge in [0, 0.05) is 0 Å². The number of rotatable bonds is 3. The van der Waals surface area contributed by atoms with E-state index in [4.69, 9.17) is 5.11 Å². The Balaban J connectivity index is 2.62. The highest BCUT2D eigenvalue weighted by molar-refractivity contribution is 5.73. The molecule has 76 valence electrons. The van der Waals surface area contributed by atoms with Gasteiger partial charge >= 0.3 is 5.97 Å². The molecule has 3 nitrogen and oxygen atoms in total. The van der Waals surface area contributed by atoms with E-state index in [9.17, 15) is 13.6 Å². The molecule has 13 heavy (non-hydrogen) atoms. The van der Waals surface area contributed by atoms with Crippen molar-refractivity contribution in [1.82, 2.24) is 4.90 Å². The molecule has 0 aromatic heterocycles. The molecular weight excluding hydrogens is 180 g/mol. The molecule has 1 fully saturated rings. The maximum absolute atomic E-state index is 12.4. The Labute approximate surface area is 75.3 Å². The van der Waals surface area contributed by atoms with Crippen molar-refractivity contribution >= 4 is 5.97 Å². The molecule has 1 rings (SSSR count). The molecule has 1 aliphatic rings. The Hall–Kier alpha value is -0.710. The number of carbonyl (C=O) groups is 1. The van der Waals surface area contributed by atoms with Gasteiger partial charge in [0.05, 0.1) is 6.04 Å². The number of alkyl halides is 2. The van der Waals surface area contributed by atoms with Crippen molar-refractivity contribution in [1.29, 1.82) is 0 Å². The molecule has 0 radical (unpaired) electrons. The molecule has 0 spiro atoms. The van der Waals surface area contributed by atoms with Gasteiger partial charge in [0.25, 0.3) is 6.43 Å². The van der Waals surface area contributed by atoms with Crippen LogP contribution in [0.5, 0.6) is 0 Å². The molecule has 0 bridgehead atoms. The van der Waals surface area contributed by atoms with Gasteiger partial charge in [-0.05, 0) is 26.3 Å². The molecule has 1 saturated heterocycles. The third kappa shape index (κ3) is 2.15. The first kappa shape index (κ1) is 10.4. The number of likely N-dealkylation sites (tertiary alicyclic amines) is 1. The molecule has 1 unspecified atom stereocenters. The molecule has 1 N–H and O–H groups in total. The molecule has 0 aromatic carbocycles. The minimum Gasteiger partial charge on any atom is -0.480 e. The summed E-state index contributed by atoms with van der Waals surface area (Å²) in [5, 5.41) is 8.66. The summed E-state index contributed by atoms with van der Waals surface area (Å²) in [7, 11) is 0. The van der Waals surface area contributed by atoms with Gasteiger partial charge < -0.3 is 5.11 Å². The average molecular weight is 193 g/mol. The molecule has 0 aromatic rings. The van der Waals surface area contributed by atoms with E-state index in [2.05, 4.69) is 0 Å². The Bertz CT molecular complexity index is 199. The summed E-state index contributed by atoms with van der Waals surface area (Å²) in [6.07, 6.45) is -1.38. The van der Waals surface area contributed by atoms with Crippen molar-refractivity contribution in [3.8, 4) is 0 Å². The molecule has 1 aliphatic heterocycles. The Morgan fingerprint density at radius 1 is 1.62 bits per heavy atom. The lowest BCUT2D eigenvalue weighted by atomic mass is 10.2. The van der Waals surface area contributed by atoms with Crippen molar-refractivity contribution in [2.24, 2.45) is 0 Å². The maximum Gasteiger partial charge on any atom is 0.320 e. The van der Waals surface area contributed by atoms with Crippen LogP contribution in [-0.2, 0) is 4.79 Å². The molecule has 0 amide bonds. The summed E-state index contributed by atoms with van der Waals surface area (Å²) in [6.45, 7) is 1.91. The van der Waals surface area contributed by atoms with Crippen LogP contribution >= 0.6 is 0 Å². The van der Waals surface area contributed by atoms with Gasteiger partial charge in [0.1, 0.15) is 6.04 Å². The highest BCUT2D eigenvalue weighted by Crippen LogP contribution is 2.24. The van der Waals surface area contributed by atoms with Gasteiger partial charge in [-0.2, -0.15) is 0 Å². The van der Waals surface area contributed by atoms with Gasteiger partial charge in [-0.15, -0.1) is 0 Å². The van der Waals surface area contributed by atoms with Crippen molar-refractivity contribution in [2.45, 2.75) is 38.3 Å². The molecule has 1 heterocycles. The lowest BCUT2D eigenvalue weighted by molar-refractivity contribution is -0.144. The van der Waals surface area contributed by atoms with Crippen LogP contribution in [-0.4, -0.2) is 41.0 Å². The summed E-state index contributed by atoms with van der Waals surface area (Å²) >= 11 is 0. The second-order valence-corrected chi connectivity index (χ2v) is 3.30. The summed E-state index contributed by atoms with van der Waals surface area (Å²) in [5.74, 6) is -1.03. The van der Waals surface area contributed by atoms with Gasteiger partial charge in [0.2, 0.25) is 0 Å². The predicted molar refractivity (Wildman–Crippen MR) is 42.8 cm³/mol. The van der Waals surface area contributed by atoms with E-state index in [0.29, 0.717) is 19.4 Å². The third-order valence-corrected chi connectivity index (χ3v) is 2.49. The summed E-state index contributed by atoms with van der Waals surface area (Å²) in [6, 6.07) is -1.67. The number of hydrogen-bond acceptors (Lipinski definition) is 2. The van der Waals surface area contributed by atoms with Gasteiger partial charge in [-0.3, -0.25) is 9.69 Å². The standard InChI is InChI=1S/C8H13F2NO2/c1-5(8(12)13)11-4-2-3-6(11)7(9)10/h5-7H,2-4H2,1H3,(H,12,13)/t5?,6-/m0/s1. The van der Waals surface area contributed by atoms with Crippen LogP contribution in [0.4, 0.5) is 8.78 Å². The highest BCUT2D eigenvalue weighted by atomic mass is 19.3. The van der Waals surface area contributed by atoms with Crippen LogP contribution in [0.25, 0.3) is 0 Å². The van der Waals surface area contributed by atoms with Gasteiger partial charge in [-0.1, -0.05) is 0 Å². The summed E-state index contributed by atoms with van der Waals surface area (Å²) < 4.78 is 24.8. The van der Waals surface area contributed by atoms with Crippen LogP contribution in [0.2, 0.25) is 0 Å². The van der Waals surface area contributed by atoms with Crippen molar-refractivity contribution in [2.75, 3.05) is 6.54 Å². The number of hydrogen-bond donors (Lipinski definition) is 1. The van der Waals surface area contributed by atoms with Gasteiger partial charge in [-0.25, -0.2) is 8.78 Å². The first-order valence-corrected chi connectivity index (χ1v) is 4.30. The Morgan fingerprint density at radius 2 is 2.23 bits per heavy atom. The zero-order valence-electron chi connectivity index (χ0n) is 7.41. The van der Waals surface area contributed by atoms with E-state index < -0.39 is 24.5 Å². The fraction of sp³-hybridized carbons (Fsp3) is 0.875. The quantitative estimate of drug-likeness (QED) is 0.731. The van der Waals surface area contributed by atoms with E-state index in [1.54, 1.807) is 0 Å². The SMILES string of the molecule is CC(C(=O)O)N1CCC[C@H]1C(F)F. The zero-order valence-corrected chi connectivity index (χ0v) is 7.41. The summed E-state index contributed by atoms with van der Waals surface area (Å²) in [5.41, 5.74) is 0. The first-order chi connectivity index (χ1) is 6.04. The minimum absolute atomic E-state index is 0.398. The monoisotopic (exact) mass is 193 g/mol. The lowest BCUT2D eigenvalue weighted by Gasteiger charge is -2.27. The number of carboxylic acids is 1. The number of carboxylic acid groups (broad SMARTS) is 1. The Morgan fingerprint density at radius 3 is 2.69 bits per heavy atom. The zero-order chi connectivity index (χ0) is 10.0. The van der Waals surface area contributed by atoms with Crippen molar-refractivity contribution in [3.63, 3.8) is 0 Å².